The molecule has 4 rings (SSSR count). The second-order valence-electron chi connectivity index (χ2n) is 12.6. The first-order chi connectivity index (χ1) is 19.3. The zero-order valence-corrected chi connectivity index (χ0v) is 26.4. The van der Waals surface area contributed by atoms with E-state index in [1.165, 1.54) is 0 Å². The zero-order chi connectivity index (χ0) is 29.9. The minimum absolute atomic E-state index is 0.0213. The molecule has 0 saturated carbocycles. The molecule has 0 aliphatic carbocycles. The predicted octanol–water partition coefficient (Wildman–Crippen LogP) is 7.66. The summed E-state index contributed by atoms with van der Waals surface area (Å²) in [5, 5.41) is -0.0213. The van der Waals surface area contributed by atoms with E-state index in [1.807, 2.05) is 105 Å². The van der Waals surface area contributed by atoms with Crippen LogP contribution in [0, 0.1) is 0 Å². The van der Waals surface area contributed by atoms with Gasteiger partial charge in [-0.1, -0.05) is 118 Å². The highest BCUT2D eigenvalue weighted by atomic mass is 28.4. The van der Waals surface area contributed by atoms with Crippen LogP contribution in [0.2, 0.25) is 18.1 Å². The number of ketones is 1. The summed E-state index contributed by atoms with van der Waals surface area (Å²) in [5.41, 5.74) is 1.77. The van der Waals surface area contributed by atoms with Gasteiger partial charge in [-0.3, -0.25) is 4.79 Å². The molecule has 1 saturated heterocycles. The maximum atomic E-state index is 14.1. The Kier molecular flexibility index (Phi) is 9.21. The fraction of sp³-hybridized carbons (Fsp3) is 0.400. The van der Waals surface area contributed by atoms with Crippen molar-refractivity contribution in [2.45, 2.75) is 82.5 Å². The van der Waals surface area contributed by atoms with Crippen molar-refractivity contribution in [2.24, 2.45) is 0 Å². The summed E-state index contributed by atoms with van der Waals surface area (Å²) in [7, 11) is -2.20. The van der Waals surface area contributed by atoms with Gasteiger partial charge in [-0.15, -0.1) is 6.58 Å². The maximum absolute atomic E-state index is 14.1. The van der Waals surface area contributed by atoms with Gasteiger partial charge in [-0.05, 0) is 48.7 Å². The normalized spacial score (nSPS) is 20.0. The Morgan fingerprint density at radius 1 is 0.878 bits per heavy atom. The first kappa shape index (κ1) is 31.1. The number of carbonyl (C=O) groups excluding carboxylic acids is 1. The third-order valence-corrected chi connectivity index (χ3v) is 12.7. The van der Waals surface area contributed by atoms with Gasteiger partial charge in [0.25, 0.3) is 0 Å². The van der Waals surface area contributed by atoms with Crippen molar-refractivity contribution in [2.75, 3.05) is 6.61 Å². The smallest absolute Gasteiger partial charge is 0.193 e. The third kappa shape index (κ3) is 6.63. The molecule has 1 heterocycles. The van der Waals surface area contributed by atoms with Crippen LogP contribution in [0.3, 0.4) is 0 Å². The molecular weight excluding hydrogens is 528 g/mol. The first-order valence-corrected chi connectivity index (χ1v) is 17.2. The Hall–Kier alpha value is -2.87. The van der Waals surface area contributed by atoms with Crippen molar-refractivity contribution in [3.8, 4) is 0 Å². The number of Topliss-reactive ketones (excluding diaryl/α,β-unsaturated/α-hetero) is 1. The summed E-state index contributed by atoms with van der Waals surface area (Å²) in [6, 6.07) is 30.1. The molecule has 0 amide bonds. The van der Waals surface area contributed by atoms with Crippen LogP contribution in [0.5, 0.6) is 0 Å². The Bertz CT molecular complexity index is 1200. The summed E-state index contributed by atoms with van der Waals surface area (Å²) in [5.74, 6) is -1.17. The van der Waals surface area contributed by atoms with E-state index in [-0.39, 0.29) is 17.4 Å². The molecular formula is C35H44O5Si. The van der Waals surface area contributed by atoms with Crippen molar-refractivity contribution < 1.29 is 23.4 Å². The largest absolute Gasteiger partial charge is 0.408 e. The average molecular weight is 573 g/mol. The second-order valence-corrected chi connectivity index (χ2v) is 17.4. The van der Waals surface area contributed by atoms with Crippen LogP contribution in [-0.4, -0.2) is 44.8 Å². The lowest BCUT2D eigenvalue weighted by molar-refractivity contribution is -0.160. The summed E-state index contributed by atoms with van der Waals surface area (Å²) in [6.07, 6.45) is -0.293. The van der Waals surface area contributed by atoms with E-state index in [4.69, 9.17) is 18.6 Å². The Morgan fingerprint density at radius 3 is 1.71 bits per heavy atom. The molecule has 5 nitrogen and oxygen atoms in total. The molecule has 0 spiro atoms. The van der Waals surface area contributed by atoms with Gasteiger partial charge in [0, 0.05) is 0 Å². The van der Waals surface area contributed by atoms with Gasteiger partial charge in [0.05, 0.1) is 6.10 Å². The van der Waals surface area contributed by atoms with E-state index in [2.05, 4.69) is 40.4 Å². The lowest BCUT2D eigenvalue weighted by Gasteiger charge is -2.40. The second kappa shape index (κ2) is 12.2. The summed E-state index contributed by atoms with van der Waals surface area (Å²) in [6.45, 7) is 18.4. The van der Waals surface area contributed by atoms with Crippen LogP contribution in [0.1, 0.15) is 51.3 Å². The molecule has 0 bridgehead atoms. The van der Waals surface area contributed by atoms with Crippen LogP contribution < -0.4 is 0 Å². The van der Waals surface area contributed by atoms with Gasteiger partial charge in [-0.25, -0.2) is 0 Å². The first-order valence-electron chi connectivity index (χ1n) is 14.3. The van der Waals surface area contributed by atoms with Gasteiger partial charge >= 0.3 is 0 Å². The van der Waals surface area contributed by atoms with Crippen LogP contribution in [0.4, 0.5) is 0 Å². The minimum atomic E-state index is -2.20. The molecule has 1 fully saturated rings. The number of rotatable bonds is 11. The molecule has 3 atom stereocenters. The average Bonchev–Trinajstić information content (AvgIpc) is 3.28. The van der Waals surface area contributed by atoms with E-state index in [1.54, 1.807) is 6.08 Å². The Morgan fingerprint density at radius 2 is 1.32 bits per heavy atom. The zero-order valence-electron chi connectivity index (χ0n) is 25.4. The fourth-order valence-electron chi connectivity index (χ4n) is 5.07. The van der Waals surface area contributed by atoms with Crippen molar-refractivity contribution >= 4 is 14.1 Å². The van der Waals surface area contributed by atoms with E-state index in [0.717, 1.165) is 16.7 Å². The Balaban J connectivity index is 1.70. The molecule has 1 aliphatic rings. The molecule has 6 heteroatoms. The van der Waals surface area contributed by atoms with Crippen molar-refractivity contribution in [1.82, 2.24) is 0 Å². The highest BCUT2D eigenvalue weighted by molar-refractivity contribution is 6.74. The molecule has 1 aliphatic heterocycles. The third-order valence-electron chi connectivity index (χ3n) is 8.21. The van der Waals surface area contributed by atoms with E-state index >= 15 is 0 Å². The fourth-order valence-corrected chi connectivity index (χ4v) is 6.34. The highest BCUT2D eigenvalue weighted by Gasteiger charge is 2.51. The minimum Gasteiger partial charge on any atom is -0.408 e. The van der Waals surface area contributed by atoms with Gasteiger partial charge in [0.1, 0.15) is 18.3 Å². The van der Waals surface area contributed by atoms with Crippen molar-refractivity contribution in [3.05, 3.63) is 120 Å². The number of benzene rings is 3. The van der Waals surface area contributed by atoms with E-state index in [0.29, 0.717) is 0 Å². The topological polar surface area (TPSA) is 54.0 Å². The van der Waals surface area contributed by atoms with Crippen molar-refractivity contribution in [3.63, 3.8) is 0 Å². The van der Waals surface area contributed by atoms with Gasteiger partial charge in [0.2, 0.25) is 0 Å². The van der Waals surface area contributed by atoms with Gasteiger partial charge in [-0.2, -0.15) is 0 Å². The summed E-state index contributed by atoms with van der Waals surface area (Å²) >= 11 is 0. The number of hydrogen-bond acceptors (Lipinski definition) is 5. The molecule has 41 heavy (non-hydrogen) atoms. The molecule has 218 valence electrons. The molecule has 0 aromatic heterocycles. The van der Waals surface area contributed by atoms with E-state index < -0.39 is 38.0 Å². The molecule has 3 aromatic carbocycles. The summed E-state index contributed by atoms with van der Waals surface area (Å²) < 4.78 is 26.0. The van der Waals surface area contributed by atoms with Gasteiger partial charge in [0.15, 0.2) is 26.0 Å². The van der Waals surface area contributed by atoms with Crippen LogP contribution in [0.15, 0.2) is 104 Å². The predicted molar refractivity (Wildman–Crippen MR) is 166 cm³/mol. The molecule has 0 N–H and O–H groups in total. The quantitative estimate of drug-likeness (QED) is 0.134. The highest BCUT2D eigenvalue weighted by Crippen LogP contribution is 2.42. The number of ether oxygens (including phenoxy) is 3. The monoisotopic (exact) mass is 572 g/mol. The van der Waals surface area contributed by atoms with Crippen LogP contribution in [0.25, 0.3) is 0 Å². The maximum Gasteiger partial charge on any atom is 0.193 e. The number of hydrogen-bond donors (Lipinski definition) is 0. The van der Waals surface area contributed by atoms with Gasteiger partial charge < -0.3 is 18.6 Å². The summed E-state index contributed by atoms with van der Waals surface area (Å²) in [4.78, 5) is 14.1. The van der Waals surface area contributed by atoms with Crippen molar-refractivity contribution in [1.29, 1.82) is 0 Å². The molecule has 0 radical (unpaired) electrons. The lowest BCUT2D eigenvalue weighted by atomic mass is 9.80. The van der Waals surface area contributed by atoms with E-state index in [9.17, 15) is 4.79 Å². The van der Waals surface area contributed by atoms with Crippen LogP contribution >= 0.6 is 0 Å². The lowest BCUT2D eigenvalue weighted by Crippen LogP contribution is -2.50. The SMILES string of the molecule is C=CC(O[Si](C)(C)C(C)(C)C)C1OC(C)(C)OC1C(=O)COC(c1ccccc1)(c1ccccc1)c1ccccc1. The standard InChI is InChI=1S/C35H44O5Si/c1-9-30(40-41(7,8)33(2,3)4)32-31(38-34(5,6)39-32)29(36)25-37-35(26-19-13-10-14-20-26,27-21-15-11-16-22-27)28-23-17-12-18-24-28/h9-24,30-32H,1,25H2,2-8H3. The Labute approximate surface area is 246 Å². The number of carbonyl (C=O) groups is 1. The molecule has 3 unspecified atom stereocenters. The molecule has 3 aromatic rings. The van der Waals surface area contributed by atoms with Crippen LogP contribution in [-0.2, 0) is 29.0 Å².